The average Bonchev–Trinajstić information content (AvgIpc) is 2.23. The van der Waals surface area contributed by atoms with Crippen molar-refractivity contribution >= 4 is 15.7 Å². The molecule has 1 aliphatic rings. The highest BCUT2D eigenvalue weighted by Crippen LogP contribution is 2.21. The number of hydrogen-bond donors (Lipinski definition) is 1. The van der Waals surface area contributed by atoms with E-state index >= 15 is 0 Å². The van der Waals surface area contributed by atoms with Gasteiger partial charge in [0, 0.05) is 6.07 Å². The summed E-state index contributed by atoms with van der Waals surface area (Å²) in [6.45, 7) is 0.505. The zero-order valence-electron chi connectivity index (χ0n) is 9.00. The molecule has 0 aliphatic carbocycles. The van der Waals surface area contributed by atoms with Gasteiger partial charge in [-0.2, -0.15) is 4.39 Å². The van der Waals surface area contributed by atoms with Crippen molar-refractivity contribution in [1.29, 1.82) is 0 Å². The molecule has 98 valence electrons. The summed E-state index contributed by atoms with van der Waals surface area (Å²) in [7, 11) is -3.89. The van der Waals surface area contributed by atoms with Gasteiger partial charge in [0.05, 0.1) is 29.1 Å². The van der Waals surface area contributed by atoms with Gasteiger partial charge < -0.3 is 4.74 Å². The van der Waals surface area contributed by atoms with Crippen molar-refractivity contribution in [3.05, 3.63) is 34.1 Å². The van der Waals surface area contributed by atoms with Crippen LogP contribution in [0.5, 0.6) is 0 Å². The van der Waals surface area contributed by atoms with Crippen LogP contribution in [-0.2, 0) is 14.8 Å². The smallest absolute Gasteiger partial charge is 0.306 e. The number of hydrogen-bond acceptors (Lipinski definition) is 5. The second kappa shape index (κ2) is 4.59. The highest BCUT2D eigenvalue weighted by Gasteiger charge is 2.27. The first-order valence-electron chi connectivity index (χ1n) is 4.94. The second-order valence-corrected chi connectivity index (χ2v) is 5.44. The van der Waals surface area contributed by atoms with Crippen LogP contribution >= 0.6 is 0 Å². The van der Waals surface area contributed by atoms with E-state index in [0.717, 1.165) is 12.1 Å². The number of benzene rings is 1. The average molecular weight is 276 g/mol. The van der Waals surface area contributed by atoms with Crippen LogP contribution in [0.2, 0.25) is 0 Å². The van der Waals surface area contributed by atoms with E-state index < -0.39 is 26.5 Å². The molecule has 0 aromatic heterocycles. The largest absolute Gasteiger partial charge is 0.378 e. The Labute approximate surface area is 102 Å². The fourth-order valence-corrected chi connectivity index (χ4v) is 2.62. The molecule has 0 radical (unpaired) electrons. The van der Waals surface area contributed by atoms with Gasteiger partial charge in [0.15, 0.2) is 0 Å². The van der Waals surface area contributed by atoms with E-state index in [1.165, 1.54) is 0 Å². The standard InChI is InChI=1S/C9H9FN2O5S/c10-8-2-1-7(3-9(8)12(13)14)18(15,16)11-6-4-17-5-6/h1-3,6,11H,4-5H2. The molecule has 0 atom stereocenters. The van der Waals surface area contributed by atoms with Crippen LogP contribution in [0.1, 0.15) is 0 Å². The second-order valence-electron chi connectivity index (χ2n) is 3.73. The number of rotatable bonds is 4. The lowest BCUT2D eigenvalue weighted by Gasteiger charge is -2.26. The highest BCUT2D eigenvalue weighted by molar-refractivity contribution is 7.89. The summed E-state index contributed by atoms with van der Waals surface area (Å²) >= 11 is 0. The normalized spacial score (nSPS) is 16.3. The van der Waals surface area contributed by atoms with E-state index in [1.807, 2.05) is 0 Å². The van der Waals surface area contributed by atoms with Gasteiger partial charge in [-0.25, -0.2) is 13.1 Å². The maximum absolute atomic E-state index is 13.1. The summed E-state index contributed by atoms with van der Waals surface area (Å²) in [5.74, 6) is -1.08. The number of nitrogens with zero attached hydrogens (tertiary/aromatic N) is 1. The third-order valence-corrected chi connectivity index (χ3v) is 3.90. The number of halogens is 1. The Morgan fingerprint density at radius 2 is 2.11 bits per heavy atom. The van der Waals surface area contributed by atoms with Crippen molar-refractivity contribution in [3.63, 3.8) is 0 Å². The Hall–Kier alpha value is -1.58. The maximum atomic E-state index is 13.1. The lowest BCUT2D eigenvalue weighted by molar-refractivity contribution is -0.387. The van der Waals surface area contributed by atoms with E-state index in [2.05, 4.69) is 4.72 Å². The zero-order valence-corrected chi connectivity index (χ0v) is 9.81. The highest BCUT2D eigenvalue weighted by atomic mass is 32.2. The molecule has 1 aliphatic heterocycles. The summed E-state index contributed by atoms with van der Waals surface area (Å²) in [6, 6.07) is 2.07. The third kappa shape index (κ3) is 2.47. The van der Waals surface area contributed by atoms with Crippen LogP contribution < -0.4 is 4.72 Å². The summed E-state index contributed by atoms with van der Waals surface area (Å²) in [4.78, 5) is 9.20. The number of nitro groups is 1. The molecule has 18 heavy (non-hydrogen) atoms. The topological polar surface area (TPSA) is 98.5 Å². The van der Waals surface area contributed by atoms with Crippen LogP contribution in [0.25, 0.3) is 0 Å². The molecule has 0 saturated carbocycles. The fraction of sp³-hybridized carbons (Fsp3) is 0.333. The Morgan fingerprint density at radius 3 is 2.61 bits per heavy atom. The summed E-state index contributed by atoms with van der Waals surface area (Å²) < 4.78 is 43.8. The molecule has 7 nitrogen and oxygen atoms in total. The molecule has 2 rings (SSSR count). The molecule has 1 heterocycles. The molecular formula is C9H9FN2O5S. The predicted molar refractivity (Wildman–Crippen MR) is 58.0 cm³/mol. The quantitative estimate of drug-likeness (QED) is 0.634. The van der Waals surface area contributed by atoms with Crippen molar-refractivity contribution in [2.45, 2.75) is 10.9 Å². The molecule has 9 heteroatoms. The summed E-state index contributed by atoms with van der Waals surface area (Å²) in [6.07, 6.45) is 0. The molecular weight excluding hydrogens is 267 g/mol. The molecule has 1 fully saturated rings. The van der Waals surface area contributed by atoms with E-state index in [-0.39, 0.29) is 24.2 Å². The summed E-state index contributed by atoms with van der Waals surface area (Å²) in [5, 5.41) is 10.5. The van der Waals surface area contributed by atoms with E-state index in [0.29, 0.717) is 6.07 Å². The minimum absolute atomic E-state index is 0.252. The van der Waals surface area contributed by atoms with Gasteiger partial charge in [-0.05, 0) is 12.1 Å². The van der Waals surface area contributed by atoms with Crippen LogP contribution in [0, 0.1) is 15.9 Å². The van der Waals surface area contributed by atoms with Gasteiger partial charge in [0.25, 0.3) is 0 Å². The number of nitro benzene ring substituents is 1. The van der Waals surface area contributed by atoms with Crippen LogP contribution in [0.3, 0.4) is 0 Å². The first-order valence-corrected chi connectivity index (χ1v) is 6.42. The monoisotopic (exact) mass is 276 g/mol. The lowest BCUT2D eigenvalue weighted by atomic mass is 10.3. The fourth-order valence-electron chi connectivity index (χ4n) is 1.39. The Balaban J connectivity index is 2.32. The van der Waals surface area contributed by atoms with Crippen molar-refractivity contribution in [3.8, 4) is 0 Å². The summed E-state index contributed by atoms with van der Waals surface area (Å²) in [5.41, 5.74) is -0.872. The molecule has 0 amide bonds. The van der Waals surface area contributed by atoms with Gasteiger partial charge in [-0.1, -0.05) is 0 Å². The number of ether oxygens (including phenoxy) is 1. The van der Waals surface area contributed by atoms with E-state index in [1.54, 1.807) is 0 Å². The van der Waals surface area contributed by atoms with Crippen molar-refractivity contribution in [2.75, 3.05) is 13.2 Å². The van der Waals surface area contributed by atoms with Crippen molar-refractivity contribution in [1.82, 2.24) is 4.72 Å². The predicted octanol–water partition coefficient (Wildman–Crippen LogP) is 0.411. The first-order chi connectivity index (χ1) is 8.40. The SMILES string of the molecule is O=[N+]([O-])c1cc(S(=O)(=O)NC2COC2)ccc1F. The number of sulfonamides is 1. The van der Waals surface area contributed by atoms with E-state index in [9.17, 15) is 22.9 Å². The van der Waals surface area contributed by atoms with Crippen LogP contribution in [0.4, 0.5) is 10.1 Å². The minimum atomic E-state index is -3.89. The first kappa shape index (κ1) is 12.9. The molecule has 1 aromatic rings. The minimum Gasteiger partial charge on any atom is -0.378 e. The molecule has 1 aromatic carbocycles. The molecule has 1 N–H and O–H groups in total. The molecule has 0 unspecified atom stereocenters. The van der Waals surface area contributed by atoms with Crippen molar-refractivity contribution < 1.29 is 22.5 Å². The Morgan fingerprint density at radius 1 is 1.44 bits per heavy atom. The van der Waals surface area contributed by atoms with Gasteiger partial charge in [-0.3, -0.25) is 10.1 Å². The number of nitrogens with one attached hydrogen (secondary N) is 1. The third-order valence-electron chi connectivity index (χ3n) is 2.38. The Kier molecular flexibility index (Phi) is 3.28. The van der Waals surface area contributed by atoms with Gasteiger partial charge in [0.1, 0.15) is 0 Å². The molecule has 0 spiro atoms. The Bertz CT molecular complexity index is 585. The van der Waals surface area contributed by atoms with Gasteiger partial charge in [0.2, 0.25) is 15.8 Å². The zero-order chi connectivity index (χ0) is 13.3. The van der Waals surface area contributed by atoms with Crippen molar-refractivity contribution in [2.24, 2.45) is 0 Å². The lowest BCUT2D eigenvalue weighted by Crippen LogP contribution is -2.48. The molecule has 0 bridgehead atoms. The van der Waals surface area contributed by atoms with E-state index in [4.69, 9.17) is 4.74 Å². The van der Waals surface area contributed by atoms with Crippen LogP contribution in [-0.4, -0.2) is 32.6 Å². The van der Waals surface area contributed by atoms with Crippen LogP contribution in [0.15, 0.2) is 23.1 Å². The van der Waals surface area contributed by atoms with Gasteiger partial charge >= 0.3 is 5.69 Å². The van der Waals surface area contributed by atoms with Gasteiger partial charge in [-0.15, -0.1) is 0 Å². The maximum Gasteiger partial charge on any atom is 0.306 e. The molecule has 1 saturated heterocycles.